The molecule has 2 aromatic carbocycles. The topological polar surface area (TPSA) is 62.2 Å². The molecular weight excluding hydrogens is 246 g/mol. The van der Waals surface area contributed by atoms with Crippen molar-refractivity contribution in [3.8, 4) is 0 Å². The van der Waals surface area contributed by atoms with E-state index in [1.165, 1.54) is 0 Å². The highest BCUT2D eigenvalue weighted by molar-refractivity contribution is 6.06. The van der Waals surface area contributed by atoms with Crippen molar-refractivity contribution in [1.82, 2.24) is 0 Å². The summed E-state index contributed by atoms with van der Waals surface area (Å²) in [5, 5.41) is 8.04. The summed E-state index contributed by atoms with van der Waals surface area (Å²) in [7, 11) is 0. The predicted molar refractivity (Wildman–Crippen MR) is 84.4 cm³/mol. The highest BCUT2D eigenvalue weighted by atomic mass is 14.9. The van der Waals surface area contributed by atoms with E-state index in [1.54, 1.807) is 0 Å². The number of aliphatic imine (C=N–C) groups is 1. The van der Waals surface area contributed by atoms with E-state index in [-0.39, 0.29) is 5.84 Å². The van der Waals surface area contributed by atoms with E-state index in [1.807, 2.05) is 74.5 Å². The summed E-state index contributed by atoms with van der Waals surface area (Å²) in [5.41, 5.74) is 7.58. The Labute approximate surface area is 119 Å². The molecule has 2 aromatic rings. The molecule has 0 bridgehead atoms. The van der Waals surface area contributed by atoms with Gasteiger partial charge in [-0.05, 0) is 19.4 Å². The standard InChI is InChI=1S/C17H19N3/c1-17(2,14-11-7-4-8-12-14)16(19)20-15(18)13-9-5-3-6-10-13/h3-12H,1-2H3,(H3,18,19,20). The molecule has 3 nitrogen and oxygen atoms in total. The molecule has 0 heterocycles. The van der Waals surface area contributed by atoms with Crippen molar-refractivity contribution in [2.75, 3.05) is 0 Å². The molecule has 0 aliphatic carbocycles. The molecule has 20 heavy (non-hydrogen) atoms. The molecule has 0 amide bonds. The number of nitrogens with two attached hydrogens (primary N) is 1. The number of nitrogens with zero attached hydrogens (tertiary/aromatic N) is 1. The largest absolute Gasteiger partial charge is 0.386 e. The van der Waals surface area contributed by atoms with Crippen LogP contribution in [-0.2, 0) is 5.41 Å². The van der Waals surface area contributed by atoms with Crippen LogP contribution in [0, 0.1) is 5.41 Å². The van der Waals surface area contributed by atoms with Gasteiger partial charge in [0.2, 0.25) is 0 Å². The third-order valence-corrected chi connectivity index (χ3v) is 3.42. The molecule has 0 unspecified atom stereocenters. The van der Waals surface area contributed by atoms with Crippen LogP contribution in [0.2, 0.25) is 0 Å². The lowest BCUT2D eigenvalue weighted by molar-refractivity contribution is 0.710. The van der Waals surface area contributed by atoms with Crippen molar-refractivity contribution in [3.05, 3.63) is 71.8 Å². The van der Waals surface area contributed by atoms with Gasteiger partial charge in [-0.3, -0.25) is 5.41 Å². The van der Waals surface area contributed by atoms with Gasteiger partial charge in [-0.25, -0.2) is 4.99 Å². The number of amidine groups is 2. The van der Waals surface area contributed by atoms with Crippen molar-refractivity contribution < 1.29 is 0 Å². The fourth-order valence-electron chi connectivity index (χ4n) is 1.92. The van der Waals surface area contributed by atoms with Gasteiger partial charge in [-0.2, -0.15) is 0 Å². The average Bonchev–Trinajstić information content (AvgIpc) is 2.49. The fourth-order valence-corrected chi connectivity index (χ4v) is 1.92. The zero-order chi connectivity index (χ0) is 14.6. The van der Waals surface area contributed by atoms with Crippen LogP contribution < -0.4 is 5.73 Å². The van der Waals surface area contributed by atoms with Gasteiger partial charge >= 0.3 is 0 Å². The summed E-state index contributed by atoms with van der Waals surface area (Å²) in [5.74, 6) is 0.629. The summed E-state index contributed by atoms with van der Waals surface area (Å²) in [6, 6.07) is 19.4. The molecule has 3 N–H and O–H groups in total. The maximum atomic E-state index is 8.04. The molecular formula is C17H19N3. The molecule has 2 rings (SSSR count). The van der Waals surface area contributed by atoms with E-state index in [0.717, 1.165) is 11.1 Å². The van der Waals surface area contributed by atoms with Gasteiger partial charge < -0.3 is 5.73 Å². The Morgan fingerprint density at radius 2 is 1.45 bits per heavy atom. The van der Waals surface area contributed by atoms with Crippen LogP contribution in [0.5, 0.6) is 0 Å². The van der Waals surface area contributed by atoms with Gasteiger partial charge in [0.1, 0.15) is 5.84 Å². The van der Waals surface area contributed by atoms with Crippen molar-refractivity contribution in [3.63, 3.8) is 0 Å². The second-order valence-electron chi connectivity index (χ2n) is 5.20. The van der Waals surface area contributed by atoms with Gasteiger partial charge in [-0.1, -0.05) is 60.7 Å². The highest BCUT2D eigenvalue weighted by Crippen LogP contribution is 2.23. The lowest BCUT2D eigenvalue weighted by Gasteiger charge is -2.24. The normalized spacial score (nSPS) is 12.2. The Kier molecular flexibility index (Phi) is 3.99. The van der Waals surface area contributed by atoms with Crippen molar-refractivity contribution in [1.29, 1.82) is 5.41 Å². The minimum Gasteiger partial charge on any atom is -0.386 e. The van der Waals surface area contributed by atoms with Crippen molar-refractivity contribution in [2.45, 2.75) is 19.3 Å². The minimum absolute atomic E-state index is 0.187. The van der Waals surface area contributed by atoms with Crippen molar-refractivity contribution in [2.24, 2.45) is 10.7 Å². The van der Waals surface area contributed by atoms with E-state index in [9.17, 15) is 0 Å². The Morgan fingerprint density at radius 1 is 0.950 bits per heavy atom. The molecule has 0 aliphatic heterocycles. The quantitative estimate of drug-likeness (QED) is 0.649. The first-order valence-corrected chi connectivity index (χ1v) is 6.56. The smallest absolute Gasteiger partial charge is 0.153 e. The number of nitrogens with one attached hydrogen (secondary N) is 1. The first-order valence-electron chi connectivity index (χ1n) is 6.56. The van der Waals surface area contributed by atoms with E-state index in [0.29, 0.717) is 5.84 Å². The molecule has 0 saturated carbocycles. The summed E-state index contributed by atoms with van der Waals surface area (Å²) in [6.45, 7) is 4.03. The maximum Gasteiger partial charge on any atom is 0.153 e. The summed E-state index contributed by atoms with van der Waals surface area (Å²) in [4.78, 5) is 4.27. The Balaban J connectivity index is 2.29. The summed E-state index contributed by atoms with van der Waals surface area (Å²) in [6.07, 6.45) is 0. The number of hydrogen-bond acceptors (Lipinski definition) is 1. The van der Waals surface area contributed by atoms with Crippen LogP contribution >= 0.6 is 0 Å². The van der Waals surface area contributed by atoms with Gasteiger partial charge in [0.05, 0.1) is 0 Å². The predicted octanol–water partition coefficient (Wildman–Crippen LogP) is 3.35. The van der Waals surface area contributed by atoms with Crippen molar-refractivity contribution >= 4 is 11.7 Å². The zero-order valence-corrected chi connectivity index (χ0v) is 11.8. The summed E-state index contributed by atoms with van der Waals surface area (Å²) < 4.78 is 0. The van der Waals surface area contributed by atoms with E-state index >= 15 is 0 Å². The van der Waals surface area contributed by atoms with Gasteiger partial charge in [0.15, 0.2) is 5.84 Å². The van der Waals surface area contributed by atoms with Crippen LogP contribution in [0.25, 0.3) is 0 Å². The van der Waals surface area contributed by atoms with Gasteiger partial charge in [0, 0.05) is 11.0 Å². The summed E-state index contributed by atoms with van der Waals surface area (Å²) >= 11 is 0. The van der Waals surface area contributed by atoms with Crippen LogP contribution in [0.1, 0.15) is 25.0 Å². The molecule has 0 atom stereocenters. The molecule has 0 spiro atoms. The number of benzene rings is 2. The third-order valence-electron chi connectivity index (χ3n) is 3.42. The second-order valence-corrected chi connectivity index (χ2v) is 5.20. The monoisotopic (exact) mass is 265 g/mol. The molecule has 102 valence electrons. The molecule has 0 aromatic heterocycles. The number of rotatable bonds is 3. The third kappa shape index (κ3) is 2.94. The molecule has 3 heteroatoms. The first-order chi connectivity index (χ1) is 9.51. The zero-order valence-electron chi connectivity index (χ0n) is 11.8. The Morgan fingerprint density at radius 3 is 2.00 bits per heavy atom. The Bertz CT molecular complexity index is 613. The SMILES string of the molecule is CC(C)(C(N)=NC(=N)c1ccccc1)c1ccccc1. The van der Waals surface area contributed by atoms with E-state index < -0.39 is 5.41 Å². The van der Waals surface area contributed by atoms with Crippen LogP contribution in [0.15, 0.2) is 65.7 Å². The molecule has 0 radical (unpaired) electrons. The lowest BCUT2D eigenvalue weighted by atomic mass is 9.83. The highest BCUT2D eigenvalue weighted by Gasteiger charge is 2.25. The molecule has 0 saturated heterocycles. The first kappa shape index (κ1) is 14.0. The van der Waals surface area contributed by atoms with Gasteiger partial charge in [-0.15, -0.1) is 0 Å². The average molecular weight is 265 g/mol. The van der Waals surface area contributed by atoms with Gasteiger partial charge in [0.25, 0.3) is 0 Å². The Hall–Kier alpha value is -2.42. The van der Waals surface area contributed by atoms with Crippen LogP contribution in [-0.4, -0.2) is 11.7 Å². The molecule has 0 fully saturated rings. The second kappa shape index (κ2) is 5.70. The van der Waals surface area contributed by atoms with Crippen LogP contribution in [0.3, 0.4) is 0 Å². The lowest BCUT2D eigenvalue weighted by Crippen LogP contribution is -2.36. The maximum absolute atomic E-state index is 8.04. The minimum atomic E-state index is -0.400. The van der Waals surface area contributed by atoms with Crippen LogP contribution in [0.4, 0.5) is 0 Å². The van der Waals surface area contributed by atoms with E-state index in [2.05, 4.69) is 4.99 Å². The molecule has 0 aliphatic rings. The fraction of sp³-hybridized carbons (Fsp3) is 0.176. The number of hydrogen-bond donors (Lipinski definition) is 2. The van der Waals surface area contributed by atoms with E-state index in [4.69, 9.17) is 11.1 Å².